The molecule has 2 aliphatic heterocycles. The number of carbonyl (C=O) groups excluding carboxylic acids is 2. The second kappa shape index (κ2) is 6.92. The van der Waals surface area contributed by atoms with Crippen molar-refractivity contribution in [3.8, 4) is 0 Å². The van der Waals surface area contributed by atoms with Gasteiger partial charge in [0.05, 0.1) is 25.0 Å². The van der Waals surface area contributed by atoms with E-state index in [-0.39, 0.29) is 24.0 Å². The van der Waals surface area contributed by atoms with E-state index in [1.807, 2.05) is 35.2 Å². The van der Waals surface area contributed by atoms with Crippen molar-refractivity contribution in [1.82, 2.24) is 10.2 Å². The van der Waals surface area contributed by atoms with E-state index in [2.05, 4.69) is 5.32 Å². The maximum Gasteiger partial charge on any atom is 0.225 e. The summed E-state index contributed by atoms with van der Waals surface area (Å²) in [7, 11) is 0. The number of nitrogens with one attached hydrogen (secondary N) is 1. The first-order valence-electron chi connectivity index (χ1n) is 7.97. The van der Waals surface area contributed by atoms with Gasteiger partial charge in [0.25, 0.3) is 0 Å². The Bertz CT molecular complexity index is 526. The van der Waals surface area contributed by atoms with Crippen LogP contribution >= 0.6 is 0 Å². The Morgan fingerprint density at radius 3 is 2.86 bits per heavy atom. The molecule has 0 unspecified atom stereocenters. The molecule has 2 aliphatic rings. The molecule has 5 heteroatoms. The SMILES string of the molecule is O=C1C[C@@H](c2ccccc2)N(C(=O)C[C@@H]2CCCO2)CCN1. The monoisotopic (exact) mass is 302 g/mol. The minimum absolute atomic E-state index is 0.00118. The molecular weight excluding hydrogens is 280 g/mol. The van der Waals surface area contributed by atoms with Gasteiger partial charge in [-0.25, -0.2) is 0 Å². The maximum absolute atomic E-state index is 12.7. The van der Waals surface area contributed by atoms with Crippen molar-refractivity contribution in [2.45, 2.75) is 37.8 Å². The predicted molar refractivity (Wildman–Crippen MR) is 82.1 cm³/mol. The van der Waals surface area contributed by atoms with Gasteiger partial charge in [0.2, 0.25) is 11.8 Å². The van der Waals surface area contributed by atoms with Crippen LogP contribution in [0.3, 0.4) is 0 Å². The number of hydrogen-bond acceptors (Lipinski definition) is 3. The smallest absolute Gasteiger partial charge is 0.225 e. The van der Waals surface area contributed by atoms with Crippen LogP contribution in [-0.2, 0) is 14.3 Å². The normalized spacial score (nSPS) is 25.6. The van der Waals surface area contributed by atoms with Gasteiger partial charge in [-0.15, -0.1) is 0 Å². The molecule has 1 aromatic carbocycles. The zero-order chi connectivity index (χ0) is 15.4. The van der Waals surface area contributed by atoms with E-state index in [1.54, 1.807) is 0 Å². The lowest BCUT2D eigenvalue weighted by Crippen LogP contribution is -2.38. The van der Waals surface area contributed by atoms with Gasteiger partial charge in [-0.3, -0.25) is 9.59 Å². The van der Waals surface area contributed by atoms with Gasteiger partial charge in [-0.05, 0) is 18.4 Å². The summed E-state index contributed by atoms with van der Waals surface area (Å²) >= 11 is 0. The average Bonchev–Trinajstić information content (AvgIpc) is 2.95. The highest BCUT2D eigenvalue weighted by Gasteiger charge is 2.31. The predicted octanol–water partition coefficient (Wildman–Crippen LogP) is 1.65. The first kappa shape index (κ1) is 15.0. The summed E-state index contributed by atoms with van der Waals surface area (Å²) in [6.45, 7) is 1.82. The number of rotatable bonds is 3. The van der Waals surface area contributed by atoms with Gasteiger partial charge >= 0.3 is 0 Å². The van der Waals surface area contributed by atoms with Gasteiger partial charge in [-0.1, -0.05) is 30.3 Å². The van der Waals surface area contributed by atoms with E-state index < -0.39 is 0 Å². The number of benzene rings is 1. The Hall–Kier alpha value is -1.88. The van der Waals surface area contributed by atoms with Crippen LogP contribution in [0.5, 0.6) is 0 Å². The molecular formula is C17H22N2O3. The highest BCUT2D eigenvalue weighted by Crippen LogP contribution is 2.27. The number of ether oxygens (including phenoxy) is 1. The van der Waals surface area contributed by atoms with E-state index in [1.165, 1.54) is 0 Å². The van der Waals surface area contributed by atoms with Crippen LogP contribution in [0, 0.1) is 0 Å². The summed E-state index contributed by atoms with van der Waals surface area (Å²) in [5.74, 6) is 0.0820. The lowest BCUT2D eigenvalue weighted by atomic mass is 10.0. The number of hydrogen-bond donors (Lipinski definition) is 1. The topological polar surface area (TPSA) is 58.6 Å². The molecule has 3 rings (SSSR count). The first-order valence-corrected chi connectivity index (χ1v) is 7.97. The van der Waals surface area contributed by atoms with Crippen LogP contribution in [0.15, 0.2) is 30.3 Å². The molecule has 0 saturated carbocycles. The van der Waals surface area contributed by atoms with Crippen LogP contribution < -0.4 is 5.32 Å². The van der Waals surface area contributed by atoms with Crippen molar-refractivity contribution in [2.24, 2.45) is 0 Å². The lowest BCUT2D eigenvalue weighted by molar-refractivity contribution is -0.136. The zero-order valence-corrected chi connectivity index (χ0v) is 12.7. The van der Waals surface area contributed by atoms with Gasteiger partial charge in [-0.2, -0.15) is 0 Å². The lowest BCUT2D eigenvalue weighted by Gasteiger charge is -2.30. The van der Waals surface area contributed by atoms with Gasteiger partial charge in [0.1, 0.15) is 0 Å². The summed E-state index contributed by atoms with van der Waals surface area (Å²) < 4.78 is 5.58. The molecule has 2 amide bonds. The summed E-state index contributed by atoms with van der Waals surface area (Å²) in [5, 5.41) is 2.86. The first-order chi connectivity index (χ1) is 10.7. The van der Waals surface area contributed by atoms with E-state index >= 15 is 0 Å². The van der Waals surface area contributed by atoms with Crippen molar-refractivity contribution in [3.63, 3.8) is 0 Å². The molecule has 22 heavy (non-hydrogen) atoms. The van der Waals surface area contributed by atoms with Crippen molar-refractivity contribution in [3.05, 3.63) is 35.9 Å². The van der Waals surface area contributed by atoms with Crippen molar-refractivity contribution < 1.29 is 14.3 Å². The Balaban J connectivity index is 1.78. The largest absolute Gasteiger partial charge is 0.378 e. The minimum Gasteiger partial charge on any atom is -0.378 e. The van der Waals surface area contributed by atoms with E-state index in [4.69, 9.17) is 4.74 Å². The van der Waals surface area contributed by atoms with E-state index in [0.29, 0.717) is 25.9 Å². The number of carbonyl (C=O) groups is 2. The molecule has 1 aromatic rings. The Morgan fingerprint density at radius 1 is 1.32 bits per heavy atom. The Morgan fingerprint density at radius 2 is 2.14 bits per heavy atom. The fourth-order valence-electron chi connectivity index (χ4n) is 3.22. The third-order valence-electron chi connectivity index (χ3n) is 4.36. The molecule has 5 nitrogen and oxygen atoms in total. The Kier molecular flexibility index (Phi) is 4.73. The van der Waals surface area contributed by atoms with Gasteiger partial charge in [0.15, 0.2) is 0 Å². The van der Waals surface area contributed by atoms with Crippen molar-refractivity contribution >= 4 is 11.8 Å². The standard InChI is InChI=1S/C17H22N2O3/c20-16-12-15(13-5-2-1-3-6-13)19(9-8-18-16)17(21)11-14-7-4-10-22-14/h1-3,5-6,14-15H,4,7-12H2,(H,18,20)/t14-,15-/m0/s1. The molecule has 1 N–H and O–H groups in total. The number of amides is 2. The van der Waals surface area contributed by atoms with Crippen molar-refractivity contribution in [1.29, 1.82) is 0 Å². The van der Waals surface area contributed by atoms with E-state index in [0.717, 1.165) is 25.0 Å². The Labute approximate surface area is 130 Å². The summed E-state index contributed by atoms with van der Waals surface area (Å²) in [4.78, 5) is 26.5. The molecule has 0 radical (unpaired) electrons. The molecule has 2 heterocycles. The average molecular weight is 302 g/mol. The fourth-order valence-corrected chi connectivity index (χ4v) is 3.22. The minimum atomic E-state index is -0.183. The van der Waals surface area contributed by atoms with Crippen LogP contribution in [0.1, 0.15) is 37.3 Å². The third-order valence-corrected chi connectivity index (χ3v) is 4.36. The molecule has 0 spiro atoms. The summed E-state index contributed by atoms with van der Waals surface area (Å²) in [6, 6.07) is 9.61. The second-order valence-corrected chi connectivity index (χ2v) is 5.91. The summed E-state index contributed by atoms with van der Waals surface area (Å²) in [6.07, 6.45) is 2.75. The van der Waals surface area contributed by atoms with Crippen LogP contribution in [0.2, 0.25) is 0 Å². The van der Waals surface area contributed by atoms with Gasteiger partial charge < -0.3 is 15.0 Å². The highest BCUT2D eigenvalue weighted by atomic mass is 16.5. The van der Waals surface area contributed by atoms with E-state index in [9.17, 15) is 9.59 Å². The van der Waals surface area contributed by atoms with Crippen LogP contribution in [0.25, 0.3) is 0 Å². The maximum atomic E-state index is 12.7. The molecule has 2 fully saturated rings. The molecule has 2 atom stereocenters. The third kappa shape index (κ3) is 3.47. The number of nitrogens with zero attached hydrogens (tertiary/aromatic N) is 1. The van der Waals surface area contributed by atoms with Gasteiger partial charge in [0, 0.05) is 19.7 Å². The molecule has 2 saturated heterocycles. The van der Waals surface area contributed by atoms with Crippen molar-refractivity contribution in [2.75, 3.05) is 19.7 Å². The highest BCUT2D eigenvalue weighted by molar-refractivity contribution is 5.81. The quantitative estimate of drug-likeness (QED) is 0.923. The molecule has 0 aliphatic carbocycles. The summed E-state index contributed by atoms with van der Waals surface area (Å²) in [5.41, 5.74) is 1.01. The fraction of sp³-hybridized carbons (Fsp3) is 0.529. The van der Waals surface area contributed by atoms with Crippen LogP contribution in [0.4, 0.5) is 0 Å². The molecule has 0 bridgehead atoms. The molecule has 118 valence electrons. The molecule has 0 aromatic heterocycles. The zero-order valence-electron chi connectivity index (χ0n) is 12.7. The second-order valence-electron chi connectivity index (χ2n) is 5.91. The van der Waals surface area contributed by atoms with Crippen LogP contribution in [-0.4, -0.2) is 42.5 Å².